The van der Waals surface area contributed by atoms with Crippen molar-refractivity contribution in [3.05, 3.63) is 22.6 Å². The van der Waals surface area contributed by atoms with Gasteiger partial charge in [-0.2, -0.15) is 0 Å². The van der Waals surface area contributed by atoms with E-state index >= 15 is 0 Å². The van der Waals surface area contributed by atoms with Crippen molar-refractivity contribution >= 4 is 11.6 Å². The summed E-state index contributed by atoms with van der Waals surface area (Å²) < 4.78 is 5.99. The number of hydrogen-bond acceptors (Lipinski definition) is 5. The maximum Gasteiger partial charge on any atom is 0.287 e. The highest BCUT2D eigenvalue weighted by molar-refractivity contribution is 6.06. The maximum atomic E-state index is 13.0. The number of rotatable bonds is 2. The predicted molar refractivity (Wildman–Crippen MR) is 106 cm³/mol. The number of carbonyl (C=O) groups is 1. The highest BCUT2D eigenvalue weighted by Crippen LogP contribution is 2.39. The molecule has 150 valence electrons. The fourth-order valence-electron chi connectivity index (χ4n) is 5.09. The van der Waals surface area contributed by atoms with E-state index in [1.165, 1.54) is 0 Å². The molecule has 1 amide bonds. The average Bonchev–Trinajstić information content (AvgIpc) is 2.78. The monoisotopic (exact) mass is 375 g/mol. The summed E-state index contributed by atoms with van der Waals surface area (Å²) in [5.74, 6) is 0.899. The summed E-state index contributed by atoms with van der Waals surface area (Å²) in [7, 11) is 0. The largest absolute Gasteiger partial charge is 0.455 e. The molecular formula is C21H33N3O3. The molecule has 1 aliphatic carbocycles. The van der Waals surface area contributed by atoms with Crippen LogP contribution in [0.3, 0.4) is 0 Å². The van der Waals surface area contributed by atoms with E-state index in [1.54, 1.807) is 0 Å². The fourth-order valence-corrected chi connectivity index (χ4v) is 5.09. The number of amides is 1. The maximum absolute atomic E-state index is 13.0. The van der Waals surface area contributed by atoms with Gasteiger partial charge in [0.2, 0.25) is 0 Å². The summed E-state index contributed by atoms with van der Waals surface area (Å²) in [5, 5.41) is 19.8. The third-order valence-corrected chi connectivity index (χ3v) is 5.65. The average molecular weight is 376 g/mol. The van der Waals surface area contributed by atoms with Crippen LogP contribution in [0.25, 0.3) is 0 Å². The van der Waals surface area contributed by atoms with Gasteiger partial charge in [0, 0.05) is 34.7 Å². The van der Waals surface area contributed by atoms with Gasteiger partial charge in [0.25, 0.3) is 5.91 Å². The highest BCUT2D eigenvalue weighted by atomic mass is 16.4. The first kappa shape index (κ1) is 19.9. The van der Waals surface area contributed by atoms with Gasteiger partial charge in [-0.15, -0.1) is 0 Å². The molecule has 0 saturated carbocycles. The van der Waals surface area contributed by atoms with Crippen molar-refractivity contribution < 1.29 is 14.4 Å². The molecule has 3 rings (SSSR count). The molecule has 1 aromatic heterocycles. The Morgan fingerprint density at radius 2 is 1.74 bits per heavy atom. The van der Waals surface area contributed by atoms with Crippen molar-refractivity contribution in [3.63, 3.8) is 0 Å². The Balaban J connectivity index is 1.86. The summed E-state index contributed by atoms with van der Waals surface area (Å²) in [4.78, 5) is 13.0. The zero-order valence-electron chi connectivity index (χ0n) is 17.6. The number of oxime groups is 1. The topological polar surface area (TPSA) is 86.9 Å². The van der Waals surface area contributed by atoms with E-state index in [9.17, 15) is 10.0 Å². The van der Waals surface area contributed by atoms with E-state index in [1.807, 2.05) is 6.92 Å². The van der Waals surface area contributed by atoms with Crippen LogP contribution in [-0.2, 0) is 6.42 Å². The molecule has 3 N–H and O–H groups in total. The summed E-state index contributed by atoms with van der Waals surface area (Å²) in [6.07, 6.45) is 3.10. The van der Waals surface area contributed by atoms with Crippen LogP contribution in [0.15, 0.2) is 9.57 Å². The van der Waals surface area contributed by atoms with Crippen LogP contribution in [0.1, 0.15) is 88.2 Å². The predicted octanol–water partition coefficient (Wildman–Crippen LogP) is 3.78. The van der Waals surface area contributed by atoms with E-state index in [2.05, 4.69) is 57.3 Å². The highest BCUT2D eigenvalue weighted by Gasteiger charge is 2.40. The Morgan fingerprint density at radius 1 is 1.15 bits per heavy atom. The van der Waals surface area contributed by atoms with Crippen LogP contribution in [0, 0.1) is 12.3 Å². The first-order valence-electron chi connectivity index (χ1n) is 9.76. The molecule has 6 heteroatoms. The zero-order valence-corrected chi connectivity index (χ0v) is 17.6. The van der Waals surface area contributed by atoms with Gasteiger partial charge in [0.05, 0.1) is 5.71 Å². The minimum absolute atomic E-state index is 0.0438. The molecule has 2 aliphatic rings. The van der Waals surface area contributed by atoms with Gasteiger partial charge in [-0.05, 0) is 59.3 Å². The minimum Gasteiger partial charge on any atom is -0.455 e. The molecule has 2 heterocycles. The number of carbonyl (C=O) groups excluding carboxylic acids is 1. The van der Waals surface area contributed by atoms with Crippen LogP contribution in [-0.4, -0.2) is 33.9 Å². The van der Waals surface area contributed by atoms with Crippen molar-refractivity contribution in [1.82, 2.24) is 10.6 Å². The SMILES string of the molecule is Cc1c(C(=O)NC2CC(C)(C)NC(C)(C)C2)oc2c1/C(=N/O)CC(C)(C)C2. The molecule has 27 heavy (non-hydrogen) atoms. The first-order chi connectivity index (χ1) is 12.3. The van der Waals surface area contributed by atoms with Gasteiger partial charge in [0.1, 0.15) is 5.76 Å². The molecule has 1 saturated heterocycles. The second-order valence-corrected chi connectivity index (χ2v) is 10.4. The normalized spacial score (nSPS) is 25.2. The second-order valence-electron chi connectivity index (χ2n) is 10.4. The van der Waals surface area contributed by atoms with Crippen molar-refractivity contribution in [3.8, 4) is 0 Å². The third kappa shape index (κ3) is 4.05. The van der Waals surface area contributed by atoms with E-state index in [4.69, 9.17) is 4.42 Å². The van der Waals surface area contributed by atoms with Crippen LogP contribution in [0.2, 0.25) is 0 Å². The van der Waals surface area contributed by atoms with E-state index in [-0.39, 0.29) is 28.4 Å². The quantitative estimate of drug-likeness (QED) is 0.542. The third-order valence-electron chi connectivity index (χ3n) is 5.65. The second kappa shape index (κ2) is 6.36. The minimum atomic E-state index is -0.185. The Bertz CT molecular complexity index is 771. The Kier molecular flexibility index (Phi) is 4.70. The molecule has 0 atom stereocenters. The van der Waals surface area contributed by atoms with E-state index < -0.39 is 0 Å². The van der Waals surface area contributed by atoms with Crippen molar-refractivity contribution in [1.29, 1.82) is 0 Å². The number of nitrogens with one attached hydrogen (secondary N) is 2. The molecule has 0 aromatic carbocycles. The van der Waals surface area contributed by atoms with Gasteiger partial charge in [-0.3, -0.25) is 4.79 Å². The van der Waals surface area contributed by atoms with Crippen molar-refractivity contribution in [2.75, 3.05) is 0 Å². The molecule has 0 radical (unpaired) electrons. The van der Waals surface area contributed by atoms with Crippen molar-refractivity contribution in [2.45, 2.75) is 91.3 Å². The lowest BCUT2D eigenvalue weighted by atomic mass is 9.75. The van der Waals surface area contributed by atoms with Crippen LogP contribution < -0.4 is 10.6 Å². The van der Waals surface area contributed by atoms with Crippen LogP contribution >= 0.6 is 0 Å². The fraction of sp³-hybridized carbons (Fsp3) is 0.714. The van der Waals surface area contributed by atoms with Gasteiger partial charge in [0.15, 0.2) is 5.76 Å². The van der Waals surface area contributed by atoms with Crippen LogP contribution in [0.4, 0.5) is 0 Å². The van der Waals surface area contributed by atoms with E-state index in [0.29, 0.717) is 17.9 Å². The molecule has 6 nitrogen and oxygen atoms in total. The summed E-state index contributed by atoms with van der Waals surface area (Å²) in [6.45, 7) is 14.7. The van der Waals surface area contributed by atoms with Gasteiger partial charge >= 0.3 is 0 Å². The Morgan fingerprint density at radius 3 is 2.30 bits per heavy atom. The molecule has 1 aliphatic heterocycles. The molecule has 1 aromatic rings. The van der Waals surface area contributed by atoms with E-state index in [0.717, 1.165) is 36.1 Å². The number of nitrogens with zero attached hydrogens (tertiary/aromatic N) is 1. The summed E-state index contributed by atoms with van der Waals surface area (Å²) in [5.41, 5.74) is 2.02. The standard InChI is InChI=1S/C21H33N3O3/c1-12-16-14(23-26)10-19(2,3)11-15(16)27-17(12)18(25)22-13-8-20(4,5)24-21(6,7)9-13/h13,24,26H,8-11H2,1-7H3,(H,22,25)/b23-14+. The van der Waals surface area contributed by atoms with Gasteiger partial charge in [-0.25, -0.2) is 0 Å². The molecule has 0 unspecified atom stereocenters. The van der Waals surface area contributed by atoms with Gasteiger partial charge < -0.3 is 20.3 Å². The first-order valence-corrected chi connectivity index (χ1v) is 9.76. The molecular weight excluding hydrogens is 342 g/mol. The van der Waals surface area contributed by atoms with Gasteiger partial charge in [-0.1, -0.05) is 19.0 Å². The molecule has 0 spiro atoms. The summed E-state index contributed by atoms with van der Waals surface area (Å²) >= 11 is 0. The number of hydrogen-bond donors (Lipinski definition) is 3. The number of fused-ring (bicyclic) bond motifs is 1. The lowest BCUT2D eigenvalue weighted by Crippen LogP contribution is -2.62. The lowest BCUT2D eigenvalue weighted by Gasteiger charge is -2.46. The summed E-state index contributed by atoms with van der Waals surface area (Å²) in [6, 6.07) is 0.0766. The Labute approximate surface area is 161 Å². The van der Waals surface area contributed by atoms with Crippen LogP contribution in [0.5, 0.6) is 0 Å². The molecule has 1 fully saturated rings. The number of piperidine rings is 1. The molecule has 0 bridgehead atoms. The lowest BCUT2D eigenvalue weighted by molar-refractivity contribution is 0.0842. The zero-order chi connectivity index (χ0) is 20.2. The van der Waals surface area contributed by atoms with Crippen molar-refractivity contribution in [2.24, 2.45) is 10.6 Å². The Hall–Kier alpha value is -1.82. The number of furan rings is 1. The smallest absolute Gasteiger partial charge is 0.287 e.